The molecule has 18 heavy (non-hydrogen) atoms. The van der Waals surface area contributed by atoms with E-state index in [-0.39, 0.29) is 24.7 Å². The summed E-state index contributed by atoms with van der Waals surface area (Å²) in [6, 6.07) is 6.83. The van der Waals surface area contributed by atoms with Crippen molar-refractivity contribution in [3.8, 4) is 5.75 Å². The van der Waals surface area contributed by atoms with Crippen LogP contribution in [0.2, 0.25) is 0 Å². The molecule has 1 amide bonds. The third kappa shape index (κ3) is 4.75. The molecule has 4 nitrogen and oxygen atoms in total. The number of hydrogen-bond acceptors (Lipinski definition) is 3. The molecule has 4 heteroatoms. The second-order valence-electron chi connectivity index (χ2n) is 4.40. The van der Waals surface area contributed by atoms with E-state index < -0.39 is 0 Å². The molecule has 0 aliphatic carbocycles. The van der Waals surface area contributed by atoms with Gasteiger partial charge in [0.05, 0.1) is 6.42 Å². The lowest BCUT2D eigenvalue weighted by Crippen LogP contribution is -2.30. The standard InChI is InChI=1S/C14H21NO3/c1-2-11(7-8-16)10-15-14(18)9-12-5-3-4-6-13(12)17/h3-6,11,16-17H,2,7-10H2,1H3,(H,15,18). The van der Waals surface area contributed by atoms with Gasteiger partial charge >= 0.3 is 0 Å². The number of nitrogens with one attached hydrogen (secondary N) is 1. The van der Waals surface area contributed by atoms with Gasteiger partial charge < -0.3 is 15.5 Å². The predicted molar refractivity (Wildman–Crippen MR) is 70.3 cm³/mol. The largest absolute Gasteiger partial charge is 0.508 e. The Bertz CT molecular complexity index is 379. The van der Waals surface area contributed by atoms with Crippen LogP contribution in [-0.2, 0) is 11.2 Å². The summed E-state index contributed by atoms with van der Waals surface area (Å²) in [6.07, 6.45) is 1.81. The predicted octanol–water partition coefficient (Wildman–Crippen LogP) is 1.46. The average Bonchev–Trinajstić information content (AvgIpc) is 2.37. The number of amides is 1. The van der Waals surface area contributed by atoms with E-state index in [0.29, 0.717) is 24.4 Å². The molecule has 0 aromatic heterocycles. The summed E-state index contributed by atoms with van der Waals surface area (Å²) >= 11 is 0. The minimum Gasteiger partial charge on any atom is -0.508 e. The van der Waals surface area contributed by atoms with Crippen LogP contribution in [0, 0.1) is 5.92 Å². The zero-order valence-electron chi connectivity index (χ0n) is 10.7. The van der Waals surface area contributed by atoms with Gasteiger partial charge in [-0.2, -0.15) is 0 Å². The van der Waals surface area contributed by atoms with Crippen molar-refractivity contribution < 1.29 is 15.0 Å². The number of hydrogen-bond donors (Lipinski definition) is 3. The smallest absolute Gasteiger partial charge is 0.224 e. The number of benzene rings is 1. The number of carbonyl (C=O) groups excluding carboxylic acids is 1. The summed E-state index contributed by atoms with van der Waals surface area (Å²) in [5, 5.41) is 21.2. The van der Waals surface area contributed by atoms with Crippen LogP contribution in [0.15, 0.2) is 24.3 Å². The Kier molecular flexibility index (Phi) is 6.22. The Balaban J connectivity index is 2.40. The van der Waals surface area contributed by atoms with Crippen LogP contribution in [0.3, 0.4) is 0 Å². The summed E-state index contributed by atoms with van der Waals surface area (Å²) in [4.78, 5) is 11.7. The highest BCUT2D eigenvalue weighted by Gasteiger charge is 2.10. The molecular weight excluding hydrogens is 230 g/mol. The lowest BCUT2D eigenvalue weighted by molar-refractivity contribution is -0.120. The highest BCUT2D eigenvalue weighted by molar-refractivity contribution is 5.79. The van der Waals surface area contributed by atoms with Crippen LogP contribution in [0.1, 0.15) is 25.3 Å². The van der Waals surface area contributed by atoms with E-state index in [1.165, 1.54) is 0 Å². The topological polar surface area (TPSA) is 69.6 Å². The van der Waals surface area contributed by atoms with Crippen LogP contribution in [-0.4, -0.2) is 29.3 Å². The second-order valence-corrected chi connectivity index (χ2v) is 4.40. The molecule has 0 heterocycles. The summed E-state index contributed by atoms with van der Waals surface area (Å²) < 4.78 is 0. The Morgan fingerprint density at radius 1 is 1.39 bits per heavy atom. The Morgan fingerprint density at radius 3 is 2.72 bits per heavy atom. The summed E-state index contributed by atoms with van der Waals surface area (Å²) in [6.45, 7) is 2.76. The van der Waals surface area contributed by atoms with Crippen molar-refractivity contribution >= 4 is 5.91 Å². The van der Waals surface area contributed by atoms with Gasteiger partial charge in [-0.25, -0.2) is 0 Å². The van der Waals surface area contributed by atoms with Gasteiger partial charge in [0, 0.05) is 18.7 Å². The molecule has 0 bridgehead atoms. The third-order valence-electron chi connectivity index (χ3n) is 3.05. The van der Waals surface area contributed by atoms with Crippen molar-refractivity contribution in [2.45, 2.75) is 26.2 Å². The molecule has 0 aliphatic heterocycles. The van der Waals surface area contributed by atoms with Crippen LogP contribution in [0.5, 0.6) is 5.75 Å². The number of para-hydroxylation sites is 1. The van der Waals surface area contributed by atoms with Gasteiger partial charge in [0.2, 0.25) is 5.91 Å². The molecule has 0 spiro atoms. The van der Waals surface area contributed by atoms with Crippen molar-refractivity contribution in [2.75, 3.05) is 13.2 Å². The maximum Gasteiger partial charge on any atom is 0.224 e. The van der Waals surface area contributed by atoms with Crippen molar-refractivity contribution in [3.05, 3.63) is 29.8 Å². The normalized spacial score (nSPS) is 12.1. The number of phenolic OH excluding ortho intramolecular Hbond substituents is 1. The molecule has 0 saturated carbocycles. The lowest BCUT2D eigenvalue weighted by atomic mass is 10.0. The Hall–Kier alpha value is -1.55. The minimum atomic E-state index is -0.104. The van der Waals surface area contributed by atoms with Gasteiger partial charge in [-0.1, -0.05) is 31.5 Å². The number of carbonyl (C=O) groups is 1. The van der Waals surface area contributed by atoms with Gasteiger partial charge in [0.15, 0.2) is 0 Å². The highest BCUT2D eigenvalue weighted by Crippen LogP contribution is 2.16. The second kappa shape index (κ2) is 7.71. The van der Waals surface area contributed by atoms with Crippen LogP contribution in [0.4, 0.5) is 0 Å². The molecule has 0 fully saturated rings. The molecule has 1 unspecified atom stereocenters. The lowest BCUT2D eigenvalue weighted by Gasteiger charge is -2.14. The average molecular weight is 251 g/mol. The highest BCUT2D eigenvalue weighted by atomic mass is 16.3. The summed E-state index contributed by atoms with van der Waals surface area (Å²) in [5.74, 6) is 0.353. The van der Waals surface area contributed by atoms with E-state index in [0.717, 1.165) is 6.42 Å². The number of rotatable bonds is 7. The van der Waals surface area contributed by atoms with E-state index in [9.17, 15) is 9.90 Å². The monoisotopic (exact) mass is 251 g/mol. The van der Waals surface area contributed by atoms with Crippen molar-refractivity contribution in [2.24, 2.45) is 5.92 Å². The van der Waals surface area contributed by atoms with Crippen molar-refractivity contribution in [1.82, 2.24) is 5.32 Å². The first-order chi connectivity index (χ1) is 8.67. The van der Waals surface area contributed by atoms with E-state index in [1.54, 1.807) is 24.3 Å². The van der Waals surface area contributed by atoms with Crippen LogP contribution in [0.25, 0.3) is 0 Å². The fraction of sp³-hybridized carbons (Fsp3) is 0.500. The Labute approximate surface area is 108 Å². The third-order valence-corrected chi connectivity index (χ3v) is 3.05. The maximum atomic E-state index is 11.7. The first-order valence-electron chi connectivity index (χ1n) is 6.31. The maximum absolute atomic E-state index is 11.7. The molecular formula is C14H21NO3. The minimum absolute atomic E-state index is 0.104. The molecule has 1 atom stereocenters. The number of phenols is 1. The molecule has 0 aliphatic rings. The van der Waals surface area contributed by atoms with E-state index in [2.05, 4.69) is 5.32 Å². The first-order valence-corrected chi connectivity index (χ1v) is 6.31. The van der Waals surface area contributed by atoms with Crippen molar-refractivity contribution in [1.29, 1.82) is 0 Å². The molecule has 0 saturated heterocycles. The molecule has 3 N–H and O–H groups in total. The SMILES string of the molecule is CCC(CCO)CNC(=O)Cc1ccccc1O. The molecule has 1 rings (SSSR count). The number of aromatic hydroxyl groups is 1. The van der Waals surface area contributed by atoms with Gasteiger partial charge in [0.1, 0.15) is 5.75 Å². The summed E-state index contributed by atoms with van der Waals surface area (Å²) in [7, 11) is 0. The zero-order chi connectivity index (χ0) is 13.4. The van der Waals surface area contributed by atoms with Crippen LogP contribution < -0.4 is 5.32 Å². The fourth-order valence-electron chi connectivity index (χ4n) is 1.79. The van der Waals surface area contributed by atoms with Crippen molar-refractivity contribution in [3.63, 3.8) is 0 Å². The Morgan fingerprint density at radius 2 is 2.11 bits per heavy atom. The van der Waals surface area contributed by atoms with Gasteiger partial charge in [-0.15, -0.1) is 0 Å². The van der Waals surface area contributed by atoms with Gasteiger partial charge in [0.25, 0.3) is 0 Å². The van der Waals surface area contributed by atoms with Crippen LogP contribution >= 0.6 is 0 Å². The van der Waals surface area contributed by atoms with Gasteiger partial charge in [-0.3, -0.25) is 4.79 Å². The fourth-order valence-corrected chi connectivity index (χ4v) is 1.79. The molecule has 1 aromatic carbocycles. The van der Waals surface area contributed by atoms with Gasteiger partial charge in [-0.05, 0) is 18.4 Å². The summed E-state index contributed by atoms with van der Waals surface area (Å²) in [5.41, 5.74) is 0.630. The van der Waals surface area contributed by atoms with E-state index in [1.807, 2.05) is 6.92 Å². The number of aliphatic hydroxyl groups is 1. The number of aliphatic hydroxyl groups excluding tert-OH is 1. The van der Waals surface area contributed by atoms with E-state index >= 15 is 0 Å². The molecule has 1 aromatic rings. The first kappa shape index (κ1) is 14.5. The van der Waals surface area contributed by atoms with E-state index in [4.69, 9.17) is 5.11 Å². The molecule has 0 radical (unpaired) electrons. The zero-order valence-corrected chi connectivity index (χ0v) is 10.7. The molecule has 100 valence electrons. The quantitative estimate of drug-likeness (QED) is 0.687.